The molecule has 4 rings (SSSR count). The van der Waals surface area contributed by atoms with Gasteiger partial charge in [0.05, 0.1) is 19.4 Å². The second kappa shape index (κ2) is 10.2. The summed E-state index contributed by atoms with van der Waals surface area (Å²) in [7, 11) is 0. The molecule has 0 saturated carbocycles. The van der Waals surface area contributed by atoms with E-state index in [1.54, 1.807) is 29.2 Å². The maximum atomic E-state index is 14.2. The molecular formula is C24H20F3N3O3. The normalized spacial score (nSPS) is 11.2. The van der Waals surface area contributed by atoms with Gasteiger partial charge >= 0.3 is 0 Å². The Morgan fingerprint density at radius 2 is 1.73 bits per heavy atom. The molecular weight excluding hydrogens is 435 g/mol. The Balaban J connectivity index is 1.47. The first kappa shape index (κ1) is 22.3. The van der Waals surface area contributed by atoms with Gasteiger partial charge in [-0.1, -0.05) is 18.2 Å². The minimum absolute atomic E-state index is 0.0891. The minimum atomic E-state index is -0.676. The topological polar surface area (TPSA) is 71.5 Å². The summed E-state index contributed by atoms with van der Waals surface area (Å²) in [6.07, 6.45) is 2.75. The van der Waals surface area contributed by atoms with Gasteiger partial charge in [0.1, 0.15) is 29.5 Å². The monoisotopic (exact) mass is 455 g/mol. The number of rotatable bonds is 9. The van der Waals surface area contributed by atoms with Crippen LogP contribution in [0, 0.1) is 17.5 Å². The fourth-order valence-corrected chi connectivity index (χ4v) is 3.26. The quantitative estimate of drug-likeness (QED) is 0.392. The van der Waals surface area contributed by atoms with Gasteiger partial charge in [0.15, 0.2) is 5.69 Å². The lowest BCUT2D eigenvalue weighted by molar-refractivity contribution is 0.0943. The number of furan rings is 1. The van der Waals surface area contributed by atoms with E-state index in [9.17, 15) is 18.0 Å². The van der Waals surface area contributed by atoms with Gasteiger partial charge in [-0.15, -0.1) is 0 Å². The Kier molecular flexibility index (Phi) is 6.89. The van der Waals surface area contributed by atoms with E-state index in [1.165, 1.54) is 36.8 Å². The van der Waals surface area contributed by atoms with E-state index in [0.717, 1.165) is 11.6 Å². The van der Waals surface area contributed by atoms with Crippen LogP contribution in [0.5, 0.6) is 0 Å². The van der Waals surface area contributed by atoms with Crippen LogP contribution in [0.25, 0.3) is 0 Å². The van der Waals surface area contributed by atoms with Gasteiger partial charge in [0, 0.05) is 24.7 Å². The van der Waals surface area contributed by atoms with Gasteiger partial charge in [0.2, 0.25) is 5.89 Å². The molecule has 33 heavy (non-hydrogen) atoms. The van der Waals surface area contributed by atoms with E-state index in [1.807, 2.05) is 0 Å². The highest BCUT2D eigenvalue weighted by Gasteiger charge is 2.17. The summed E-state index contributed by atoms with van der Waals surface area (Å²) in [5, 5.41) is 2.68. The fraction of sp³-hybridized carbons (Fsp3) is 0.167. The second-order valence-electron chi connectivity index (χ2n) is 7.40. The van der Waals surface area contributed by atoms with Crippen LogP contribution in [0.15, 0.2) is 76.0 Å². The number of hydrogen-bond acceptors (Lipinski definition) is 5. The van der Waals surface area contributed by atoms with Crippen molar-refractivity contribution < 1.29 is 26.8 Å². The average molecular weight is 455 g/mol. The maximum Gasteiger partial charge on any atom is 0.273 e. The second-order valence-corrected chi connectivity index (χ2v) is 7.40. The predicted octanol–water partition coefficient (Wildman–Crippen LogP) is 4.82. The van der Waals surface area contributed by atoms with Crippen molar-refractivity contribution in [3.63, 3.8) is 0 Å². The molecule has 1 N–H and O–H groups in total. The van der Waals surface area contributed by atoms with Gasteiger partial charge < -0.3 is 14.2 Å². The first-order chi connectivity index (χ1) is 16.0. The molecule has 4 aromatic rings. The third kappa shape index (κ3) is 6.11. The Morgan fingerprint density at radius 3 is 2.45 bits per heavy atom. The van der Waals surface area contributed by atoms with E-state index in [-0.39, 0.29) is 42.6 Å². The van der Waals surface area contributed by atoms with Crippen LogP contribution in [0.2, 0.25) is 0 Å². The maximum absolute atomic E-state index is 14.2. The summed E-state index contributed by atoms with van der Waals surface area (Å²) in [5.41, 5.74) is 1.15. The lowest BCUT2D eigenvalue weighted by atomic mass is 10.1. The molecule has 2 heterocycles. The standard InChI is InChI=1S/C24H20F3N3O3/c25-18-6-3-16(4-7-18)12-30(13-17-5-8-19(26)10-21(17)27)14-23-29-22(15-33-23)24(31)28-11-20-2-1-9-32-20/h1-10,15H,11-14H2,(H,28,31). The van der Waals surface area contributed by atoms with E-state index in [4.69, 9.17) is 8.83 Å². The van der Waals surface area contributed by atoms with Crippen LogP contribution in [-0.2, 0) is 26.2 Å². The van der Waals surface area contributed by atoms with Gasteiger partial charge in [-0.05, 0) is 35.9 Å². The van der Waals surface area contributed by atoms with E-state index in [0.29, 0.717) is 12.3 Å². The van der Waals surface area contributed by atoms with Gasteiger partial charge in [0.25, 0.3) is 5.91 Å². The first-order valence-electron chi connectivity index (χ1n) is 10.1. The molecule has 0 fully saturated rings. The molecule has 0 atom stereocenters. The Labute approximate surface area is 187 Å². The fourth-order valence-electron chi connectivity index (χ4n) is 3.26. The number of aromatic nitrogens is 1. The molecule has 2 aromatic heterocycles. The van der Waals surface area contributed by atoms with Crippen molar-refractivity contribution in [2.24, 2.45) is 0 Å². The van der Waals surface area contributed by atoms with Crippen LogP contribution >= 0.6 is 0 Å². The van der Waals surface area contributed by atoms with Crippen LogP contribution in [0.3, 0.4) is 0 Å². The van der Waals surface area contributed by atoms with Gasteiger partial charge in [-0.25, -0.2) is 18.2 Å². The molecule has 0 unspecified atom stereocenters. The van der Waals surface area contributed by atoms with Crippen molar-refractivity contribution in [2.45, 2.75) is 26.2 Å². The minimum Gasteiger partial charge on any atom is -0.467 e. The Bertz CT molecular complexity index is 1210. The lowest BCUT2D eigenvalue weighted by Crippen LogP contribution is -2.24. The van der Waals surface area contributed by atoms with E-state index < -0.39 is 17.5 Å². The Morgan fingerprint density at radius 1 is 0.939 bits per heavy atom. The van der Waals surface area contributed by atoms with Crippen LogP contribution in [-0.4, -0.2) is 15.8 Å². The van der Waals surface area contributed by atoms with Crippen molar-refractivity contribution in [1.29, 1.82) is 0 Å². The zero-order chi connectivity index (χ0) is 23.2. The number of oxazole rings is 1. The third-order valence-corrected chi connectivity index (χ3v) is 4.88. The molecule has 0 aliphatic rings. The lowest BCUT2D eigenvalue weighted by Gasteiger charge is -2.21. The SMILES string of the molecule is O=C(NCc1ccco1)c1coc(CN(Cc2ccc(F)cc2)Cc2ccc(F)cc2F)n1. The summed E-state index contributed by atoms with van der Waals surface area (Å²) in [4.78, 5) is 18.3. The summed E-state index contributed by atoms with van der Waals surface area (Å²) >= 11 is 0. The van der Waals surface area contributed by atoms with Crippen molar-refractivity contribution >= 4 is 5.91 Å². The van der Waals surface area contributed by atoms with Crippen LogP contribution in [0.1, 0.15) is 33.3 Å². The molecule has 0 aliphatic heterocycles. The van der Waals surface area contributed by atoms with Crippen molar-refractivity contribution in [3.05, 3.63) is 113 Å². The highest BCUT2D eigenvalue weighted by molar-refractivity contribution is 5.91. The summed E-state index contributed by atoms with van der Waals surface area (Å²) < 4.78 is 51.4. The van der Waals surface area contributed by atoms with Gasteiger partial charge in [-0.3, -0.25) is 9.69 Å². The van der Waals surface area contributed by atoms with Crippen LogP contribution in [0.4, 0.5) is 13.2 Å². The van der Waals surface area contributed by atoms with Crippen molar-refractivity contribution in [2.75, 3.05) is 0 Å². The highest BCUT2D eigenvalue weighted by atomic mass is 19.1. The number of carbonyl (C=O) groups is 1. The predicted molar refractivity (Wildman–Crippen MR) is 112 cm³/mol. The van der Waals surface area contributed by atoms with Gasteiger partial charge in [-0.2, -0.15) is 0 Å². The van der Waals surface area contributed by atoms with Crippen molar-refractivity contribution in [3.8, 4) is 0 Å². The van der Waals surface area contributed by atoms with E-state index >= 15 is 0 Å². The Hall–Kier alpha value is -3.85. The smallest absolute Gasteiger partial charge is 0.273 e. The molecule has 0 aliphatic carbocycles. The number of halogens is 3. The zero-order valence-corrected chi connectivity index (χ0v) is 17.4. The summed E-state index contributed by atoms with van der Waals surface area (Å²) in [6.45, 7) is 0.777. The highest BCUT2D eigenvalue weighted by Crippen LogP contribution is 2.17. The largest absolute Gasteiger partial charge is 0.467 e. The number of benzene rings is 2. The number of hydrogen-bond donors (Lipinski definition) is 1. The molecule has 0 spiro atoms. The number of nitrogens with zero attached hydrogens (tertiary/aromatic N) is 2. The molecule has 0 radical (unpaired) electrons. The first-order valence-corrected chi connectivity index (χ1v) is 10.1. The number of carbonyl (C=O) groups excluding carboxylic acids is 1. The zero-order valence-electron chi connectivity index (χ0n) is 17.4. The molecule has 6 nitrogen and oxygen atoms in total. The number of nitrogens with one attached hydrogen (secondary N) is 1. The van der Waals surface area contributed by atoms with Crippen molar-refractivity contribution in [1.82, 2.24) is 15.2 Å². The molecule has 0 saturated heterocycles. The van der Waals surface area contributed by atoms with Crippen LogP contribution < -0.4 is 5.32 Å². The molecule has 1 amide bonds. The van der Waals surface area contributed by atoms with E-state index in [2.05, 4.69) is 10.3 Å². The number of amides is 1. The summed E-state index contributed by atoms with van der Waals surface area (Å²) in [6, 6.07) is 12.7. The average Bonchev–Trinajstić information content (AvgIpc) is 3.48. The molecule has 9 heteroatoms. The summed E-state index contributed by atoms with van der Waals surface area (Å²) in [5.74, 6) is -1.31. The third-order valence-electron chi connectivity index (χ3n) is 4.88. The molecule has 2 aromatic carbocycles. The molecule has 170 valence electrons. The molecule has 0 bridgehead atoms.